The van der Waals surface area contributed by atoms with Crippen molar-refractivity contribution in [2.45, 2.75) is 26.3 Å². The van der Waals surface area contributed by atoms with Crippen LogP contribution in [0.3, 0.4) is 0 Å². The van der Waals surface area contributed by atoms with Crippen molar-refractivity contribution < 1.29 is 19.2 Å². The van der Waals surface area contributed by atoms with Gasteiger partial charge in [-0.05, 0) is 32.9 Å². The van der Waals surface area contributed by atoms with Gasteiger partial charge in [-0.15, -0.1) is 0 Å². The molecule has 0 spiro atoms. The van der Waals surface area contributed by atoms with E-state index < -0.39 is 35.8 Å². The second kappa shape index (κ2) is 5.59. The summed E-state index contributed by atoms with van der Waals surface area (Å²) in [5.74, 6) is -1.80. The third-order valence-corrected chi connectivity index (χ3v) is 2.92. The maximum Gasteiger partial charge on any atom is 0.321 e. The molecule has 116 valence electrons. The average Bonchev–Trinajstić information content (AvgIpc) is 2.62. The van der Waals surface area contributed by atoms with Crippen LogP contribution in [-0.2, 0) is 4.79 Å². The Bertz CT molecular complexity index is 626. The van der Waals surface area contributed by atoms with Crippen LogP contribution in [0.2, 0.25) is 0 Å². The summed E-state index contributed by atoms with van der Waals surface area (Å²) in [6.07, 6.45) is 0. The minimum atomic E-state index is -0.726. The van der Waals surface area contributed by atoms with Crippen molar-refractivity contribution in [1.82, 2.24) is 15.5 Å². The van der Waals surface area contributed by atoms with Gasteiger partial charge in [0.25, 0.3) is 11.8 Å². The first-order valence-electron chi connectivity index (χ1n) is 6.76. The minimum absolute atomic E-state index is 0.263. The summed E-state index contributed by atoms with van der Waals surface area (Å²) < 4.78 is 0. The lowest BCUT2D eigenvalue weighted by atomic mass is 10.1. The molecule has 0 atom stereocenters. The zero-order valence-electron chi connectivity index (χ0n) is 12.6. The topological polar surface area (TPSA) is 95.6 Å². The van der Waals surface area contributed by atoms with Gasteiger partial charge in [0.15, 0.2) is 0 Å². The van der Waals surface area contributed by atoms with Crippen molar-refractivity contribution in [2.24, 2.45) is 0 Å². The molecule has 22 heavy (non-hydrogen) atoms. The molecule has 0 bridgehead atoms. The number of rotatable bonds is 2. The molecule has 1 aliphatic rings. The lowest BCUT2D eigenvalue weighted by molar-refractivity contribution is -0.120. The summed E-state index contributed by atoms with van der Waals surface area (Å²) in [7, 11) is 0. The summed E-state index contributed by atoms with van der Waals surface area (Å²) in [5.41, 5.74) is 0.0266. The van der Waals surface area contributed by atoms with Gasteiger partial charge in [-0.2, -0.15) is 0 Å². The Morgan fingerprint density at radius 3 is 2.00 bits per heavy atom. The molecule has 7 nitrogen and oxygen atoms in total. The third kappa shape index (κ3) is 3.30. The highest BCUT2D eigenvalue weighted by Crippen LogP contribution is 2.21. The number of carbonyl (C=O) groups excluding carboxylic acids is 4. The van der Waals surface area contributed by atoms with Crippen LogP contribution in [0.4, 0.5) is 4.79 Å². The minimum Gasteiger partial charge on any atom is -0.333 e. The molecule has 0 saturated carbocycles. The van der Waals surface area contributed by atoms with Crippen LogP contribution in [0.15, 0.2) is 24.3 Å². The third-order valence-electron chi connectivity index (χ3n) is 2.92. The SMILES string of the molecule is CC(C)(C)NC(=O)NC(=O)CN1C(=O)c2ccccc2C1=O. The average molecular weight is 303 g/mol. The zero-order chi connectivity index (χ0) is 16.5. The molecule has 1 aromatic carbocycles. The maximum absolute atomic E-state index is 12.1. The van der Waals surface area contributed by atoms with Crippen molar-refractivity contribution in [2.75, 3.05) is 6.54 Å². The largest absolute Gasteiger partial charge is 0.333 e. The Labute approximate surface area is 127 Å². The lowest BCUT2D eigenvalue weighted by Gasteiger charge is -2.21. The first-order chi connectivity index (χ1) is 10.2. The fourth-order valence-electron chi connectivity index (χ4n) is 2.06. The van der Waals surface area contributed by atoms with Crippen LogP contribution in [0.25, 0.3) is 0 Å². The van der Waals surface area contributed by atoms with Gasteiger partial charge >= 0.3 is 6.03 Å². The van der Waals surface area contributed by atoms with Crippen LogP contribution >= 0.6 is 0 Å². The van der Waals surface area contributed by atoms with Crippen LogP contribution < -0.4 is 10.6 Å². The highest BCUT2D eigenvalue weighted by Gasteiger charge is 2.36. The molecular weight excluding hydrogens is 286 g/mol. The first kappa shape index (κ1) is 15.7. The van der Waals surface area contributed by atoms with E-state index in [0.29, 0.717) is 0 Å². The lowest BCUT2D eigenvalue weighted by Crippen LogP contribution is -2.50. The van der Waals surface area contributed by atoms with Crippen LogP contribution in [0.1, 0.15) is 41.5 Å². The fraction of sp³-hybridized carbons (Fsp3) is 0.333. The predicted octanol–water partition coefficient (Wildman–Crippen LogP) is 0.907. The number of urea groups is 1. The molecule has 1 heterocycles. The highest BCUT2D eigenvalue weighted by molar-refractivity contribution is 6.22. The number of amides is 5. The second-order valence-corrected chi connectivity index (χ2v) is 5.99. The first-order valence-corrected chi connectivity index (χ1v) is 6.76. The summed E-state index contributed by atoms with van der Waals surface area (Å²) in [6.45, 7) is 4.80. The van der Waals surface area contributed by atoms with Crippen LogP contribution in [0, 0.1) is 0 Å². The normalized spacial score (nSPS) is 13.9. The number of nitrogens with one attached hydrogen (secondary N) is 2. The molecule has 5 amide bonds. The van der Waals surface area contributed by atoms with E-state index in [0.717, 1.165) is 4.90 Å². The number of hydrogen-bond acceptors (Lipinski definition) is 4. The molecule has 2 N–H and O–H groups in total. The van der Waals surface area contributed by atoms with Gasteiger partial charge < -0.3 is 5.32 Å². The van der Waals surface area contributed by atoms with E-state index in [4.69, 9.17) is 0 Å². The quantitative estimate of drug-likeness (QED) is 0.794. The molecule has 0 aromatic heterocycles. The van der Waals surface area contributed by atoms with Gasteiger partial charge in [0.05, 0.1) is 11.1 Å². The molecule has 0 radical (unpaired) electrons. The van der Waals surface area contributed by atoms with Crippen molar-refractivity contribution in [3.63, 3.8) is 0 Å². The Balaban J connectivity index is 2.01. The monoisotopic (exact) mass is 303 g/mol. The fourth-order valence-corrected chi connectivity index (χ4v) is 2.06. The van der Waals surface area contributed by atoms with Gasteiger partial charge in [-0.1, -0.05) is 12.1 Å². The summed E-state index contributed by atoms with van der Waals surface area (Å²) in [4.78, 5) is 48.4. The second-order valence-electron chi connectivity index (χ2n) is 5.99. The standard InChI is InChI=1S/C15H17N3O4/c1-15(2,3)17-14(22)16-11(19)8-18-12(20)9-6-4-5-7-10(9)13(18)21/h4-7H,8H2,1-3H3,(H2,16,17,19,22). The Morgan fingerprint density at radius 2 is 1.55 bits per heavy atom. The van der Waals surface area contributed by atoms with E-state index in [1.165, 1.54) is 12.1 Å². The van der Waals surface area contributed by atoms with Gasteiger partial charge in [0.2, 0.25) is 5.91 Å². The summed E-state index contributed by atoms with van der Waals surface area (Å²) >= 11 is 0. The van der Waals surface area contributed by atoms with Crippen molar-refractivity contribution in [3.8, 4) is 0 Å². The van der Waals surface area contributed by atoms with E-state index in [1.54, 1.807) is 32.9 Å². The Kier molecular flexibility index (Phi) is 3.99. The molecule has 0 unspecified atom stereocenters. The maximum atomic E-state index is 12.1. The van der Waals surface area contributed by atoms with E-state index in [2.05, 4.69) is 10.6 Å². The highest BCUT2D eigenvalue weighted by atomic mass is 16.2. The molecule has 7 heteroatoms. The molecular formula is C15H17N3O4. The van der Waals surface area contributed by atoms with Gasteiger partial charge in [-0.25, -0.2) is 4.79 Å². The number of hydrogen-bond donors (Lipinski definition) is 2. The van der Waals surface area contributed by atoms with E-state index in [1.807, 2.05) is 0 Å². The Morgan fingerprint density at radius 1 is 1.05 bits per heavy atom. The van der Waals surface area contributed by atoms with Crippen molar-refractivity contribution in [1.29, 1.82) is 0 Å². The molecule has 0 saturated heterocycles. The van der Waals surface area contributed by atoms with E-state index in [9.17, 15) is 19.2 Å². The smallest absolute Gasteiger partial charge is 0.321 e. The zero-order valence-corrected chi connectivity index (χ0v) is 12.6. The molecule has 1 aromatic rings. The predicted molar refractivity (Wildman–Crippen MR) is 78.2 cm³/mol. The number of fused-ring (bicyclic) bond motifs is 1. The van der Waals surface area contributed by atoms with Crippen LogP contribution in [0.5, 0.6) is 0 Å². The van der Waals surface area contributed by atoms with Gasteiger partial charge in [0.1, 0.15) is 6.54 Å². The van der Waals surface area contributed by atoms with E-state index in [-0.39, 0.29) is 11.1 Å². The van der Waals surface area contributed by atoms with E-state index >= 15 is 0 Å². The summed E-state index contributed by atoms with van der Waals surface area (Å²) in [5, 5.41) is 4.65. The van der Waals surface area contributed by atoms with Gasteiger partial charge in [-0.3, -0.25) is 24.6 Å². The summed E-state index contributed by atoms with van der Waals surface area (Å²) in [6, 6.07) is 5.67. The number of nitrogens with zero attached hydrogens (tertiary/aromatic N) is 1. The Hall–Kier alpha value is -2.70. The van der Waals surface area contributed by atoms with Crippen molar-refractivity contribution in [3.05, 3.63) is 35.4 Å². The molecule has 2 rings (SSSR count). The molecule has 0 aliphatic carbocycles. The van der Waals surface area contributed by atoms with Crippen molar-refractivity contribution >= 4 is 23.8 Å². The number of benzene rings is 1. The van der Waals surface area contributed by atoms with Crippen LogP contribution in [-0.4, -0.2) is 40.7 Å². The molecule has 1 aliphatic heterocycles. The number of imide groups is 2. The molecule has 0 fully saturated rings. The number of carbonyl (C=O) groups is 4. The van der Waals surface area contributed by atoms with Gasteiger partial charge in [0, 0.05) is 5.54 Å².